The SMILES string of the molecule is C=C(Cl)/C=C(\C=C\c1ccccc1-c1ccc(-c2ccc3c(c2)C2CC4CC(CC3C4)C2)nc1)c1ccccc1-c1ccc(-c2ccc3c(c2)C2CC4CC(CC3C4)C2)nc1. The Morgan fingerprint density at radius 1 is 0.492 bits per heavy atom. The van der Waals surface area contributed by atoms with E-state index < -0.39 is 0 Å². The lowest BCUT2D eigenvalue weighted by Gasteiger charge is -2.38. The largest absolute Gasteiger partial charge is 0.256 e. The summed E-state index contributed by atoms with van der Waals surface area (Å²) in [5.74, 6) is 6.65. The molecule has 2 nitrogen and oxygen atoms in total. The van der Waals surface area contributed by atoms with Crippen LogP contribution < -0.4 is 0 Å². The van der Waals surface area contributed by atoms with E-state index in [1.807, 2.05) is 18.5 Å². The van der Waals surface area contributed by atoms with Crippen molar-refractivity contribution in [3.8, 4) is 44.8 Å². The van der Waals surface area contributed by atoms with E-state index in [0.717, 1.165) is 97.7 Å². The highest BCUT2D eigenvalue weighted by molar-refractivity contribution is 6.31. The molecule has 0 amide bonds. The zero-order valence-electron chi connectivity index (χ0n) is 34.9. The smallest absolute Gasteiger partial charge is 0.0702 e. The van der Waals surface area contributed by atoms with Crippen molar-refractivity contribution in [3.05, 3.63) is 179 Å². The Bertz CT molecular complexity index is 2710. The Hall–Kier alpha value is -5.31. The minimum atomic E-state index is 0.485. The van der Waals surface area contributed by atoms with Crippen LogP contribution in [0.3, 0.4) is 0 Å². The average molecular weight is 814 g/mol. The van der Waals surface area contributed by atoms with Gasteiger partial charge in [0.2, 0.25) is 0 Å². The summed E-state index contributed by atoms with van der Waals surface area (Å²) < 4.78 is 0. The molecule has 8 bridgehead atoms. The fourth-order valence-corrected chi connectivity index (χ4v) is 13.7. The fraction of sp³-hybridized carbons (Fsp3) is 0.310. The maximum absolute atomic E-state index is 6.54. The van der Waals surface area contributed by atoms with Gasteiger partial charge in [-0.3, -0.25) is 9.97 Å². The predicted molar refractivity (Wildman–Crippen MR) is 253 cm³/mol. The molecule has 4 aromatic carbocycles. The quantitative estimate of drug-likeness (QED) is 0.143. The Labute approximate surface area is 366 Å². The molecule has 0 saturated heterocycles. The molecule has 3 heteroatoms. The minimum absolute atomic E-state index is 0.485. The summed E-state index contributed by atoms with van der Waals surface area (Å²) in [5.41, 5.74) is 18.7. The van der Waals surface area contributed by atoms with Gasteiger partial charge in [0.25, 0.3) is 0 Å². The predicted octanol–water partition coefficient (Wildman–Crippen LogP) is 15.8. The number of benzene rings is 4. The summed E-state index contributed by atoms with van der Waals surface area (Å²) in [6, 6.07) is 40.5. The van der Waals surface area contributed by atoms with Crippen molar-refractivity contribution in [1.82, 2.24) is 9.97 Å². The standard InChI is InChI=1S/C58H53ClN2/c1-35(59)20-41(51-8-4-5-9-52(51)45-15-19-58(61-34-45)43-13-17-54-47-25-38-22-39(26-47)30-49(29-38)56(54)32-43)11-10-40-6-2-3-7-50(40)44-14-18-57(60-33-44)42-12-16-53-46-23-36-21-37(24-46)28-48(27-36)55(53)31-42/h2-20,31-34,36-39,46-49H,1,21-30H2/b11-10+,41-20+. The maximum atomic E-state index is 6.54. The summed E-state index contributed by atoms with van der Waals surface area (Å²) in [7, 11) is 0. The van der Waals surface area contributed by atoms with Crippen LogP contribution in [0.2, 0.25) is 0 Å². The molecule has 8 aliphatic rings. The number of halogens is 1. The van der Waals surface area contributed by atoms with E-state index in [9.17, 15) is 0 Å². The Balaban J connectivity index is 0.811. The third kappa shape index (κ3) is 6.96. The van der Waals surface area contributed by atoms with Gasteiger partial charge in [0.1, 0.15) is 0 Å². The summed E-state index contributed by atoms with van der Waals surface area (Å²) >= 11 is 6.54. The third-order valence-corrected chi connectivity index (χ3v) is 16.0. The topological polar surface area (TPSA) is 25.8 Å². The van der Waals surface area contributed by atoms with Gasteiger partial charge in [0, 0.05) is 39.7 Å². The number of rotatable bonds is 8. The van der Waals surface area contributed by atoms with Gasteiger partial charge in [-0.2, -0.15) is 0 Å². The molecule has 2 heterocycles. The van der Waals surface area contributed by atoms with Crippen LogP contribution in [-0.2, 0) is 0 Å². The molecule has 8 aliphatic carbocycles. The van der Waals surface area contributed by atoms with Gasteiger partial charge in [-0.1, -0.05) is 115 Å². The number of aromatic nitrogens is 2. The number of nitrogens with zero attached hydrogens (tertiary/aromatic N) is 2. The van der Waals surface area contributed by atoms with Crippen molar-refractivity contribution in [2.75, 3.05) is 0 Å². The molecular formula is C58H53ClN2. The van der Waals surface area contributed by atoms with E-state index in [0.29, 0.717) is 5.03 Å². The summed E-state index contributed by atoms with van der Waals surface area (Å²) in [5, 5.41) is 0.485. The number of pyridine rings is 2. The van der Waals surface area contributed by atoms with E-state index in [-0.39, 0.29) is 0 Å². The lowest BCUT2D eigenvalue weighted by atomic mass is 9.67. The van der Waals surface area contributed by atoms with Gasteiger partial charge in [-0.05, 0) is 192 Å². The monoisotopic (exact) mass is 812 g/mol. The van der Waals surface area contributed by atoms with Crippen molar-refractivity contribution in [2.24, 2.45) is 23.7 Å². The van der Waals surface area contributed by atoms with Crippen LogP contribution in [-0.4, -0.2) is 9.97 Å². The van der Waals surface area contributed by atoms with Crippen LogP contribution in [0.4, 0.5) is 0 Å². The Morgan fingerprint density at radius 2 is 0.951 bits per heavy atom. The first-order valence-electron chi connectivity index (χ1n) is 23.1. The molecule has 0 radical (unpaired) electrons. The maximum Gasteiger partial charge on any atom is 0.0702 e. The normalized spacial score (nSPS) is 26.9. The van der Waals surface area contributed by atoms with Gasteiger partial charge >= 0.3 is 0 Å². The van der Waals surface area contributed by atoms with Crippen LogP contribution in [0.5, 0.6) is 0 Å². The van der Waals surface area contributed by atoms with Crippen LogP contribution in [0.15, 0.2) is 145 Å². The fourth-order valence-electron chi connectivity index (χ4n) is 13.5. The van der Waals surface area contributed by atoms with Gasteiger partial charge in [-0.15, -0.1) is 0 Å². The first kappa shape index (κ1) is 37.5. The molecule has 4 atom stereocenters. The molecule has 14 rings (SSSR count). The highest BCUT2D eigenvalue weighted by atomic mass is 35.5. The van der Waals surface area contributed by atoms with E-state index in [1.165, 1.54) is 75.3 Å². The zero-order chi connectivity index (χ0) is 40.6. The summed E-state index contributed by atoms with van der Waals surface area (Å²) in [6.07, 6.45) is 24.4. The second-order valence-corrected chi connectivity index (χ2v) is 20.2. The molecule has 4 fully saturated rings. The van der Waals surface area contributed by atoms with E-state index in [4.69, 9.17) is 21.6 Å². The van der Waals surface area contributed by atoms with Crippen LogP contribution in [0.25, 0.3) is 56.4 Å². The lowest BCUT2D eigenvalue weighted by molar-refractivity contribution is 0.165. The van der Waals surface area contributed by atoms with Crippen molar-refractivity contribution >= 4 is 23.3 Å². The van der Waals surface area contributed by atoms with Gasteiger partial charge < -0.3 is 0 Å². The molecule has 4 saturated carbocycles. The Kier molecular flexibility index (Phi) is 9.36. The van der Waals surface area contributed by atoms with Crippen LogP contribution >= 0.6 is 11.6 Å². The lowest BCUT2D eigenvalue weighted by Crippen LogP contribution is -2.25. The van der Waals surface area contributed by atoms with Gasteiger partial charge in [0.05, 0.1) is 11.4 Å². The summed E-state index contributed by atoms with van der Waals surface area (Å²) in [4.78, 5) is 10.2. The second kappa shape index (κ2) is 15.2. The van der Waals surface area contributed by atoms with Gasteiger partial charge in [0.15, 0.2) is 0 Å². The highest BCUT2D eigenvalue weighted by Gasteiger charge is 2.43. The van der Waals surface area contributed by atoms with Crippen molar-refractivity contribution < 1.29 is 0 Å². The van der Waals surface area contributed by atoms with Crippen molar-refractivity contribution in [1.29, 1.82) is 0 Å². The van der Waals surface area contributed by atoms with Crippen LogP contribution in [0.1, 0.15) is 121 Å². The van der Waals surface area contributed by atoms with E-state index in [2.05, 4.69) is 128 Å². The molecular weight excluding hydrogens is 760 g/mol. The molecule has 4 unspecified atom stereocenters. The van der Waals surface area contributed by atoms with Crippen molar-refractivity contribution in [3.63, 3.8) is 0 Å². The van der Waals surface area contributed by atoms with Gasteiger partial charge in [-0.25, -0.2) is 0 Å². The van der Waals surface area contributed by atoms with Crippen molar-refractivity contribution in [2.45, 2.75) is 87.9 Å². The minimum Gasteiger partial charge on any atom is -0.256 e. The van der Waals surface area contributed by atoms with E-state index >= 15 is 0 Å². The molecule has 0 aliphatic heterocycles. The molecule has 0 N–H and O–H groups in total. The molecule has 2 aromatic heterocycles. The number of hydrogen-bond acceptors (Lipinski definition) is 2. The van der Waals surface area contributed by atoms with E-state index in [1.54, 1.807) is 22.3 Å². The average Bonchev–Trinajstić information content (AvgIpc) is 3.57. The summed E-state index contributed by atoms with van der Waals surface area (Å²) in [6.45, 7) is 4.07. The molecule has 6 aromatic rings. The van der Waals surface area contributed by atoms with Crippen LogP contribution in [0, 0.1) is 23.7 Å². The third-order valence-electron chi connectivity index (χ3n) is 15.9. The highest BCUT2D eigenvalue weighted by Crippen LogP contribution is 2.58. The number of hydrogen-bond donors (Lipinski definition) is 0. The first-order valence-corrected chi connectivity index (χ1v) is 23.5. The number of allylic oxidation sites excluding steroid dienone is 4. The molecule has 302 valence electrons. The molecule has 0 spiro atoms. The first-order chi connectivity index (χ1) is 30.0. The Morgan fingerprint density at radius 3 is 1.46 bits per heavy atom. The molecule has 61 heavy (non-hydrogen) atoms. The zero-order valence-corrected chi connectivity index (χ0v) is 35.7. The second-order valence-electron chi connectivity index (χ2n) is 19.7.